The van der Waals surface area contributed by atoms with Gasteiger partial charge in [-0.1, -0.05) is 13.3 Å². The molecule has 1 aromatic rings. The number of hydrogen-bond donors (Lipinski definition) is 1. The number of nitrogens with zero attached hydrogens (tertiary/aromatic N) is 2. The van der Waals surface area contributed by atoms with Gasteiger partial charge in [-0.2, -0.15) is 16.9 Å². The third-order valence-electron chi connectivity index (χ3n) is 3.95. The van der Waals surface area contributed by atoms with E-state index in [9.17, 15) is 4.79 Å². The fourth-order valence-corrected chi connectivity index (χ4v) is 4.23. The van der Waals surface area contributed by atoms with Crippen LogP contribution in [0.2, 0.25) is 0 Å². The fourth-order valence-electron chi connectivity index (χ4n) is 3.05. The van der Waals surface area contributed by atoms with Crippen molar-refractivity contribution in [2.24, 2.45) is 7.05 Å². The van der Waals surface area contributed by atoms with Gasteiger partial charge < -0.3 is 10.1 Å². The average molecular weight is 311 g/mol. The van der Waals surface area contributed by atoms with Gasteiger partial charge in [0.2, 0.25) is 5.88 Å². The second kappa shape index (κ2) is 7.20. The second-order valence-corrected chi connectivity index (χ2v) is 7.08. The number of nitrogens with one attached hydrogen (secondary N) is 1. The smallest absolute Gasteiger partial charge is 0.258 e. The van der Waals surface area contributed by atoms with Crippen molar-refractivity contribution in [1.29, 1.82) is 0 Å². The van der Waals surface area contributed by atoms with E-state index >= 15 is 0 Å². The summed E-state index contributed by atoms with van der Waals surface area (Å²) in [6.45, 7) is 4.03. The van der Waals surface area contributed by atoms with Gasteiger partial charge in [-0.25, -0.2) is 4.68 Å². The van der Waals surface area contributed by atoms with Crippen LogP contribution in [-0.4, -0.2) is 39.8 Å². The Morgan fingerprint density at radius 1 is 1.52 bits per heavy atom. The first-order chi connectivity index (χ1) is 10.1. The van der Waals surface area contributed by atoms with Crippen molar-refractivity contribution in [3.05, 3.63) is 11.3 Å². The van der Waals surface area contributed by atoms with Gasteiger partial charge in [-0.05, 0) is 31.9 Å². The SMILES string of the molecule is CCS[C@H]1CCC[C@H](NC(=O)c2c(C)nn(C)c2OC)C1. The molecule has 2 rings (SSSR count). The number of carbonyl (C=O) groups excluding carboxylic acids is 1. The molecule has 1 aliphatic carbocycles. The third kappa shape index (κ3) is 3.73. The molecule has 1 aromatic heterocycles. The molecule has 0 saturated heterocycles. The van der Waals surface area contributed by atoms with Gasteiger partial charge >= 0.3 is 0 Å². The molecule has 1 fully saturated rings. The quantitative estimate of drug-likeness (QED) is 0.908. The Morgan fingerprint density at radius 2 is 2.29 bits per heavy atom. The summed E-state index contributed by atoms with van der Waals surface area (Å²) in [5.41, 5.74) is 1.27. The maximum absolute atomic E-state index is 12.5. The van der Waals surface area contributed by atoms with E-state index in [1.165, 1.54) is 12.8 Å². The first-order valence-corrected chi connectivity index (χ1v) is 8.61. The zero-order valence-electron chi connectivity index (χ0n) is 13.3. The molecular weight excluding hydrogens is 286 g/mol. The molecule has 0 aromatic carbocycles. The van der Waals surface area contributed by atoms with Crippen molar-refractivity contribution < 1.29 is 9.53 Å². The Balaban J connectivity index is 2.04. The summed E-state index contributed by atoms with van der Waals surface area (Å²) >= 11 is 2.00. The van der Waals surface area contributed by atoms with Gasteiger partial charge in [0.1, 0.15) is 5.56 Å². The summed E-state index contributed by atoms with van der Waals surface area (Å²) in [5, 5.41) is 8.11. The van der Waals surface area contributed by atoms with Crippen LogP contribution in [0.4, 0.5) is 0 Å². The Labute approximate surface area is 130 Å². The maximum atomic E-state index is 12.5. The number of carbonyl (C=O) groups is 1. The minimum absolute atomic E-state index is 0.0652. The number of rotatable bonds is 5. The number of ether oxygens (including phenoxy) is 1. The highest BCUT2D eigenvalue weighted by Crippen LogP contribution is 2.29. The first-order valence-electron chi connectivity index (χ1n) is 7.56. The summed E-state index contributed by atoms with van der Waals surface area (Å²) < 4.78 is 6.91. The minimum Gasteiger partial charge on any atom is -0.481 e. The van der Waals surface area contributed by atoms with Crippen LogP contribution in [0.25, 0.3) is 0 Å². The largest absolute Gasteiger partial charge is 0.481 e. The molecule has 118 valence electrons. The van der Waals surface area contributed by atoms with Crippen molar-refractivity contribution in [3.63, 3.8) is 0 Å². The van der Waals surface area contributed by atoms with Crippen molar-refractivity contribution >= 4 is 17.7 Å². The zero-order valence-corrected chi connectivity index (χ0v) is 14.1. The first kappa shape index (κ1) is 16.2. The van der Waals surface area contributed by atoms with E-state index < -0.39 is 0 Å². The molecule has 21 heavy (non-hydrogen) atoms. The predicted octanol–water partition coefficient (Wildman–Crippen LogP) is 2.53. The molecule has 1 heterocycles. The fraction of sp³-hybridized carbons (Fsp3) is 0.733. The lowest BCUT2D eigenvalue weighted by molar-refractivity contribution is 0.0924. The van der Waals surface area contributed by atoms with Crippen LogP contribution >= 0.6 is 11.8 Å². The number of methoxy groups -OCH3 is 1. The number of thioether (sulfide) groups is 1. The summed E-state index contributed by atoms with van der Waals surface area (Å²) in [7, 11) is 3.36. The molecule has 1 aliphatic rings. The standard InChI is InChI=1S/C15H25N3O2S/c1-5-21-12-8-6-7-11(9-12)16-14(19)13-10(2)17-18(3)15(13)20-4/h11-12H,5-9H2,1-4H3,(H,16,19)/t11-,12-/m0/s1. The van der Waals surface area contributed by atoms with Gasteiger partial charge in [-0.3, -0.25) is 4.79 Å². The molecule has 1 N–H and O–H groups in total. The van der Waals surface area contributed by atoms with E-state index in [-0.39, 0.29) is 11.9 Å². The highest BCUT2D eigenvalue weighted by atomic mass is 32.2. The molecule has 0 aliphatic heterocycles. The van der Waals surface area contributed by atoms with Crippen LogP contribution in [0.5, 0.6) is 5.88 Å². The van der Waals surface area contributed by atoms with Gasteiger partial charge in [0, 0.05) is 18.3 Å². The minimum atomic E-state index is -0.0652. The molecule has 5 nitrogen and oxygen atoms in total. The van der Waals surface area contributed by atoms with Crippen LogP contribution < -0.4 is 10.1 Å². The molecule has 0 unspecified atom stereocenters. The number of hydrogen-bond acceptors (Lipinski definition) is 4. The molecule has 0 bridgehead atoms. The monoisotopic (exact) mass is 311 g/mol. The van der Waals surface area contributed by atoms with E-state index in [2.05, 4.69) is 17.3 Å². The Kier molecular flexibility index (Phi) is 5.56. The van der Waals surface area contributed by atoms with E-state index in [1.807, 2.05) is 18.7 Å². The van der Waals surface area contributed by atoms with Crippen molar-refractivity contribution in [3.8, 4) is 5.88 Å². The highest BCUT2D eigenvalue weighted by Gasteiger charge is 2.27. The van der Waals surface area contributed by atoms with Crippen LogP contribution in [0, 0.1) is 6.92 Å². The van der Waals surface area contributed by atoms with E-state index in [0.717, 1.165) is 18.6 Å². The average Bonchev–Trinajstić information content (AvgIpc) is 2.73. The molecule has 2 atom stereocenters. The molecule has 6 heteroatoms. The third-order valence-corrected chi connectivity index (χ3v) is 5.19. The van der Waals surface area contributed by atoms with Gasteiger partial charge in [0.05, 0.1) is 12.8 Å². The maximum Gasteiger partial charge on any atom is 0.258 e. The topological polar surface area (TPSA) is 56.2 Å². The van der Waals surface area contributed by atoms with E-state index in [0.29, 0.717) is 22.4 Å². The van der Waals surface area contributed by atoms with Crippen molar-refractivity contribution in [2.45, 2.75) is 50.8 Å². The Bertz CT molecular complexity index is 499. The van der Waals surface area contributed by atoms with Crippen molar-refractivity contribution in [1.82, 2.24) is 15.1 Å². The summed E-state index contributed by atoms with van der Waals surface area (Å²) in [5.74, 6) is 1.60. The molecule has 1 saturated carbocycles. The second-order valence-electron chi connectivity index (χ2n) is 5.51. The lowest BCUT2D eigenvalue weighted by Gasteiger charge is -2.29. The molecular formula is C15H25N3O2S. The molecule has 0 radical (unpaired) electrons. The molecule has 1 amide bonds. The zero-order chi connectivity index (χ0) is 15.4. The van der Waals surface area contributed by atoms with Gasteiger partial charge in [-0.15, -0.1) is 0 Å². The van der Waals surface area contributed by atoms with Crippen LogP contribution in [0.15, 0.2) is 0 Å². The highest BCUT2D eigenvalue weighted by molar-refractivity contribution is 7.99. The van der Waals surface area contributed by atoms with Gasteiger partial charge in [0.15, 0.2) is 0 Å². The Morgan fingerprint density at radius 3 is 2.95 bits per heavy atom. The molecule has 0 spiro atoms. The summed E-state index contributed by atoms with van der Waals surface area (Å²) in [4.78, 5) is 12.5. The normalized spacial score (nSPS) is 22.1. The van der Waals surface area contributed by atoms with E-state index in [1.54, 1.807) is 18.8 Å². The van der Waals surface area contributed by atoms with Gasteiger partial charge in [0.25, 0.3) is 5.91 Å². The van der Waals surface area contributed by atoms with Crippen molar-refractivity contribution in [2.75, 3.05) is 12.9 Å². The number of aryl methyl sites for hydroxylation is 2. The van der Waals surface area contributed by atoms with Crippen LogP contribution in [0.3, 0.4) is 0 Å². The summed E-state index contributed by atoms with van der Waals surface area (Å²) in [6.07, 6.45) is 4.58. The summed E-state index contributed by atoms with van der Waals surface area (Å²) in [6, 6.07) is 0.264. The Hall–Kier alpha value is -1.17. The van der Waals surface area contributed by atoms with Crippen LogP contribution in [0.1, 0.15) is 48.7 Å². The lowest BCUT2D eigenvalue weighted by atomic mass is 9.94. The number of amides is 1. The predicted molar refractivity (Wildman–Crippen MR) is 86.1 cm³/mol. The lowest BCUT2D eigenvalue weighted by Crippen LogP contribution is -2.39. The number of aromatic nitrogens is 2. The van der Waals surface area contributed by atoms with Crippen LogP contribution in [-0.2, 0) is 7.05 Å². The van der Waals surface area contributed by atoms with E-state index in [4.69, 9.17) is 4.74 Å².